The normalized spacial score (nSPS) is 15.7. The van der Waals surface area contributed by atoms with Crippen molar-refractivity contribution in [1.82, 2.24) is 0 Å². The molecule has 0 saturated heterocycles. The van der Waals surface area contributed by atoms with Gasteiger partial charge in [0.15, 0.2) is 11.6 Å². The molecule has 6 nitrogen and oxygen atoms in total. The lowest BCUT2D eigenvalue weighted by atomic mass is 9.94. The zero-order valence-electron chi connectivity index (χ0n) is 18.2. The zero-order valence-corrected chi connectivity index (χ0v) is 19.1. The van der Waals surface area contributed by atoms with E-state index in [2.05, 4.69) is 0 Å². The Kier molecular flexibility index (Phi) is 6.07. The van der Waals surface area contributed by atoms with Crippen molar-refractivity contribution < 1.29 is 31.6 Å². The van der Waals surface area contributed by atoms with Crippen LogP contribution >= 0.6 is 0 Å². The second-order valence-electron chi connectivity index (χ2n) is 8.17. The second-order valence-corrected chi connectivity index (χ2v) is 9.07. The summed E-state index contributed by atoms with van der Waals surface area (Å²) in [6.45, 7) is 0. The van der Waals surface area contributed by atoms with Crippen molar-refractivity contribution in [2.75, 3.05) is 0 Å². The number of fused-ring (bicyclic) bond motifs is 3. The summed E-state index contributed by atoms with van der Waals surface area (Å²) in [6, 6.07) is 16.6. The predicted octanol–water partition coefficient (Wildman–Crippen LogP) is 6.05. The van der Waals surface area contributed by atoms with E-state index in [4.69, 9.17) is 4.74 Å². The van der Waals surface area contributed by atoms with Gasteiger partial charge in [0.05, 0.1) is 4.92 Å². The fourth-order valence-electron chi connectivity index (χ4n) is 4.25. The molecule has 0 aliphatic carbocycles. The first-order valence-corrected chi connectivity index (χ1v) is 11.8. The van der Waals surface area contributed by atoms with Gasteiger partial charge < -0.3 is 9.29 Å². The molecule has 4 aromatic carbocycles. The Labute approximate surface area is 205 Å². The van der Waals surface area contributed by atoms with Crippen molar-refractivity contribution in [3.05, 3.63) is 117 Å². The van der Waals surface area contributed by atoms with Gasteiger partial charge in [0.25, 0.3) is 5.70 Å². The molecule has 1 aliphatic rings. The maximum atomic E-state index is 14.5. The molecule has 0 saturated carbocycles. The smallest absolute Gasteiger partial charge is 0.291 e. The third kappa shape index (κ3) is 4.36. The van der Waals surface area contributed by atoms with Crippen LogP contribution in [0, 0.1) is 27.6 Å². The number of rotatable bonds is 5. The van der Waals surface area contributed by atoms with Gasteiger partial charge in [-0.3, -0.25) is 14.3 Å². The minimum absolute atomic E-state index is 0.137. The monoisotopic (exact) mass is 510 g/mol. The first kappa shape index (κ1) is 23.7. The summed E-state index contributed by atoms with van der Waals surface area (Å²) in [5, 5.41) is 13.2. The molecule has 182 valence electrons. The lowest BCUT2D eigenvalue weighted by molar-refractivity contribution is -0.434. The van der Waals surface area contributed by atoms with Crippen LogP contribution in [0.25, 0.3) is 28.0 Å². The average molecular weight is 510 g/mol. The summed E-state index contributed by atoms with van der Waals surface area (Å²) < 4.78 is 69.7. The molecule has 0 spiro atoms. The van der Waals surface area contributed by atoms with E-state index in [-0.39, 0.29) is 11.5 Å². The van der Waals surface area contributed by atoms with E-state index < -0.39 is 50.8 Å². The molecule has 1 aliphatic heterocycles. The SMILES string of the molecule is O=[N+]([O-])C1=Cc2c(ccc3ccc(-c4cccc(CS(=O)[O-])c4)cc23)OC1c1cc(F)c(F)cc1F. The van der Waals surface area contributed by atoms with Gasteiger partial charge in [-0.2, -0.15) is 0 Å². The molecule has 10 heteroatoms. The van der Waals surface area contributed by atoms with Gasteiger partial charge >= 0.3 is 0 Å². The highest BCUT2D eigenvalue weighted by molar-refractivity contribution is 7.78. The van der Waals surface area contributed by atoms with Crippen molar-refractivity contribution in [3.8, 4) is 16.9 Å². The van der Waals surface area contributed by atoms with E-state index in [1.54, 1.807) is 36.4 Å². The first-order chi connectivity index (χ1) is 17.2. The third-order valence-corrected chi connectivity index (χ3v) is 6.48. The van der Waals surface area contributed by atoms with Crippen LogP contribution in [0.15, 0.2) is 72.4 Å². The second kappa shape index (κ2) is 9.21. The standard InChI is InChI=1S/C26H16F3NO5S/c27-21-12-23(29)22(28)10-20(21)26-24(30(31)32)11-19-18-9-17(5-4-15(18)6-7-25(19)35-26)16-3-1-2-14(8-16)13-36(33)34/h1-12,26H,13H2,(H,33,34)/p-1. The lowest BCUT2D eigenvalue weighted by Gasteiger charge is -2.24. The summed E-state index contributed by atoms with van der Waals surface area (Å²) in [7, 11) is 0. The molecule has 1 heterocycles. The molecule has 0 bridgehead atoms. The van der Waals surface area contributed by atoms with Crippen LogP contribution in [0.2, 0.25) is 0 Å². The molecule has 0 amide bonds. The Morgan fingerprint density at radius 2 is 1.64 bits per heavy atom. The van der Waals surface area contributed by atoms with Crippen LogP contribution in [-0.4, -0.2) is 13.7 Å². The van der Waals surface area contributed by atoms with Crippen molar-refractivity contribution in [2.24, 2.45) is 0 Å². The van der Waals surface area contributed by atoms with E-state index in [0.717, 1.165) is 16.5 Å². The number of hydrogen-bond donors (Lipinski definition) is 0. The quantitative estimate of drug-likeness (QED) is 0.141. The van der Waals surface area contributed by atoms with Crippen LogP contribution in [0.3, 0.4) is 0 Å². The van der Waals surface area contributed by atoms with Crippen LogP contribution in [0.4, 0.5) is 13.2 Å². The predicted molar refractivity (Wildman–Crippen MR) is 127 cm³/mol. The highest BCUT2D eigenvalue weighted by Gasteiger charge is 2.36. The number of ether oxygens (including phenoxy) is 1. The molecular weight excluding hydrogens is 495 g/mol. The molecular formula is C26H15F3NO5S-. The molecule has 0 fully saturated rings. The van der Waals surface area contributed by atoms with Gasteiger partial charge in [0.1, 0.15) is 11.6 Å². The van der Waals surface area contributed by atoms with Crippen molar-refractivity contribution in [1.29, 1.82) is 0 Å². The lowest BCUT2D eigenvalue weighted by Crippen LogP contribution is -2.21. The molecule has 36 heavy (non-hydrogen) atoms. The highest BCUT2D eigenvalue weighted by Crippen LogP contribution is 2.42. The number of hydrogen-bond acceptors (Lipinski definition) is 5. The third-order valence-electron chi connectivity index (χ3n) is 5.91. The topological polar surface area (TPSA) is 92.5 Å². The molecule has 0 radical (unpaired) electrons. The first-order valence-electron chi connectivity index (χ1n) is 10.6. The molecule has 2 unspecified atom stereocenters. The van der Waals surface area contributed by atoms with Gasteiger partial charge in [0, 0.05) is 29.0 Å². The highest BCUT2D eigenvalue weighted by atomic mass is 32.2. The van der Waals surface area contributed by atoms with E-state index >= 15 is 0 Å². The van der Waals surface area contributed by atoms with Crippen molar-refractivity contribution in [2.45, 2.75) is 11.9 Å². The fourth-order valence-corrected chi connectivity index (χ4v) is 4.70. The molecule has 0 aromatic heterocycles. The van der Waals surface area contributed by atoms with Crippen LogP contribution in [0.5, 0.6) is 5.75 Å². The summed E-state index contributed by atoms with van der Waals surface area (Å²) in [5.41, 5.74) is 1.42. The molecule has 5 rings (SSSR count). The zero-order chi connectivity index (χ0) is 25.6. The molecule has 4 aromatic rings. The number of benzene rings is 4. The van der Waals surface area contributed by atoms with Crippen LogP contribution in [0.1, 0.15) is 22.8 Å². The van der Waals surface area contributed by atoms with Crippen LogP contribution in [-0.2, 0) is 16.8 Å². The minimum Gasteiger partial charge on any atom is -0.772 e. The van der Waals surface area contributed by atoms with E-state index in [9.17, 15) is 32.0 Å². The molecule has 0 N–H and O–H groups in total. The van der Waals surface area contributed by atoms with E-state index in [0.29, 0.717) is 28.6 Å². The Bertz CT molecular complexity index is 1600. The van der Waals surface area contributed by atoms with Gasteiger partial charge in [-0.25, -0.2) is 13.2 Å². The Balaban J connectivity index is 1.64. The summed E-state index contributed by atoms with van der Waals surface area (Å²) in [5.74, 6) is -3.87. The van der Waals surface area contributed by atoms with Crippen molar-refractivity contribution >= 4 is 27.9 Å². The Hall–Kier alpha value is -4.02. The molecule has 2 atom stereocenters. The van der Waals surface area contributed by atoms with Gasteiger partial charge in [0.2, 0.25) is 6.10 Å². The van der Waals surface area contributed by atoms with Gasteiger partial charge in [-0.15, -0.1) is 0 Å². The fraction of sp³-hybridized carbons (Fsp3) is 0.0769. The summed E-state index contributed by atoms with van der Waals surface area (Å²) in [6.07, 6.45) is -0.347. The summed E-state index contributed by atoms with van der Waals surface area (Å²) in [4.78, 5) is 11.1. The number of nitrogens with zero attached hydrogens (tertiary/aromatic N) is 1. The maximum Gasteiger partial charge on any atom is 0.291 e. The number of halogens is 3. The Morgan fingerprint density at radius 3 is 2.39 bits per heavy atom. The summed E-state index contributed by atoms with van der Waals surface area (Å²) >= 11 is -2.25. The van der Waals surface area contributed by atoms with E-state index in [1.165, 1.54) is 6.08 Å². The Morgan fingerprint density at radius 1 is 0.917 bits per heavy atom. The minimum atomic E-state index is -2.25. The van der Waals surface area contributed by atoms with Gasteiger partial charge in [-0.1, -0.05) is 53.5 Å². The number of nitro groups is 1. The van der Waals surface area contributed by atoms with Gasteiger partial charge in [-0.05, 0) is 45.7 Å². The van der Waals surface area contributed by atoms with Crippen molar-refractivity contribution in [3.63, 3.8) is 0 Å². The average Bonchev–Trinajstić information content (AvgIpc) is 2.84. The van der Waals surface area contributed by atoms with Crippen LogP contribution < -0.4 is 4.74 Å². The van der Waals surface area contributed by atoms with E-state index in [1.807, 2.05) is 18.2 Å². The largest absolute Gasteiger partial charge is 0.772 e. The maximum absolute atomic E-state index is 14.5.